The zero-order valence-corrected chi connectivity index (χ0v) is 28.4. The maximum Gasteiger partial charge on any atom is 0.307 e. The molecule has 1 aromatic rings. The van der Waals surface area contributed by atoms with Gasteiger partial charge in [-0.05, 0) is 30.7 Å². The SMILES string of the molecule is CCC[C@@H](NC(=O)[C@@H]1CC(Oc2ccc(Cl)cn2)CN1C(=O)[C@@H](NC1=NC(CC(=O)OC)CS1)C(C)(C)C)C(=O)C(=O)NC1CC1. The van der Waals surface area contributed by atoms with Gasteiger partial charge in [0.2, 0.25) is 23.5 Å². The molecule has 3 N–H and O–H groups in total. The van der Waals surface area contributed by atoms with Crippen LogP contribution in [-0.4, -0.2) is 100 Å². The van der Waals surface area contributed by atoms with E-state index in [1.54, 1.807) is 12.1 Å². The smallest absolute Gasteiger partial charge is 0.307 e. The van der Waals surface area contributed by atoms with E-state index in [0.717, 1.165) is 12.8 Å². The molecule has 3 amide bonds. The molecule has 3 heterocycles. The number of pyridine rings is 1. The number of nitrogens with one attached hydrogen (secondary N) is 3. The fraction of sp³-hybridized carbons (Fsp3) is 0.645. The fourth-order valence-electron chi connectivity index (χ4n) is 5.26. The number of esters is 1. The van der Waals surface area contributed by atoms with Gasteiger partial charge < -0.3 is 30.3 Å². The standard InChI is InChI=1S/C31H43ClN6O7S/c1-6-7-21(25(40)28(42)34-18-9-10-18)36-27(41)22-13-20(45-23-11-8-17(32)14-33-23)15-38(22)29(43)26(31(2,3)4)37-30-35-19(16-46-30)12-24(39)44-5/h8,11,14,18-22,26H,6-7,9-10,12-13,15-16H2,1-5H3,(H,34,42)(H,35,37)(H,36,41)/t19?,20?,21-,22+,26-/m1/s1. The van der Waals surface area contributed by atoms with Crippen molar-refractivity contribution in [2.45, 2.75) is 103 Å². The third kappa shape index (κ3) is 9.57. The minimum absolute atomic E-state index is 0.00281. The van der Waals surface area contributed by atoms with Gasteiger partial charge in [0, 0.05) is 30.5 Å². The number of ketones is 1. The molecule has 15 heteroatoms. The van der Waals surface area contributed by atoms with Crippen molar-refractivity contribution in [1.29, 1.82) is 0 Å². The van der Waals surface area contributed by atoms with E-state index in [2.05, 4.69) is 25.9 Å². The van der Waals surface area contributed by atoms with Crippen molar-refractivity contribution in [2.75, 3.05) is 19.4 Å². The summed E-state index contributed by atoms with van der Waals surface area (Å²) in [4.78, 5) is 75.8. The molecule has 2 unspecified atom stereocenters. The first-order valence-electron chi connectivity index (χ1n) is 15.6. The van der Waals surface area contributed by atoms with E-state index in [-0.39, 0.29) is 55.6 Å². The average Bonchev–Trinajstić information content (AvgIpc) is 3.54. The van der Waals surface area contributed by atoms with E-state index in [1.165, 1.54) is 30.0 Å². The number of halogens is 1. The summed E-state index contributed by atoms with van der Waals surface area (Å²) in [6, 6.07) is 0.144. The zero-order chi connectivity index (χ0) is 33.6. The van der Waals surface area contributed by atoms with Crippen molar-refractivity contribution in [1.82, 2.24) is 25.8 Å². The van der Waals surface area contributed by atoms with Crippen molar-refractivity contribution >= 4 is 58.0 Å². The Kier molecular flexibility index (Phi) is 11.9. The second kappa shape index (κ2) is 15.5. The molecular formula is C31H43ClN6O7S. The first-order valence-corrected chi connectivity index (χ1v) is 16.9. The number of amides is 3. The number of carbonyl (C=O) groups excluding carboxylic acids is 5. The van der Waals surface area contributed by atoms with Gasteiger partial charge in [-0.2, -0.15) is 0 Å². The summed E-state index contributed by atoms with van der Waals surface area (Å²) in [5.41, 5.74) is -0.611. The Morgan fingerprint density at radius 2 is 1.91 bits per heavy atom. The van der Waals surface area contributed by atoms with Crippen LogP contribution in [0.15, 0.2) is 23.3 Å². The molecule has 4 rings (SSSR count). The number of amidine groups is 1. The molecule has 1 saturated heterocycles. The fourth-order valence-corrected chi connectivity index (χ4v) is 6.34. The minimum Gasteiger partial charge on any atom is -0.472 e. The normalized spacial score (nSPS) is 22.3. The monoisotopic (exact) mass is 678 g/mol. The van der Waals surface area contributed by atoms with Crippen LogP contribution in [0, 0.1) is 5.41 Å². The van der Waals surface area contributed by atoms with Gasteiger partial charge in [0.25, 0.3) is 5.91 Å². The van der Waals surface area contributed by atoms with Gasteiger partial charge in [-0.1, -0.05) is 57.5 Å². The van der Waals surface area contributed by atoms with Crippen LogP contribution in [0.1, 0.15) is 66.2 Å². The number of ether oxygens (including phenoxy) is 2. The highest BCUT2D eigenvalue weighted by atomic mass is 35.5. The second-order valence-corrected chi connectivity index (χ2v) is 14.3. The summed E-state index contributed by atoms with van der Waals surface area (Å²) in [7, 11) is 1.33. The van der Waals surface area contributed by atoms with Crippen molar-refractivity contribution in [3.8, 4) is 5.88 Å². The number of methoxy groups -OCH3 is 1. The number of likely N-dealkylation sites (tertiary alicyclic amines) is 1. The maximum atomic E-state index is 14.4. The minimum atomic E-state index is -1.03. The Labute approximate surface area is 278 Å². The lowest BCUT2D eigenvalue weighted by molar-refractivity contribution is -0.143. The summed E-state index contributed by atoms with van der Waals surface area (Å²) in [6.07, 6.45) is 3.60. The molecule has 0 spiro atoms. The van der Waals surface area contributed by atoms with Crippen molar-refractivity contribution in [2.24, 2.45) is 10.4 Å². The van der Waals surface area contributed by atoms with Crippen LogP contribution in [-0.2, 0) is 28.7 Å². The lowest BCUT2D eigenvalue weighted by Gasteiger charge is -2.35. The molecule has 13 nitrogen and oxygen atoms in total. The predicted molar refractivity (Wildman–Crippen MR) is 173 cm³/mol. The number of carbonyl (C=O) groups is 5. The van der Waals surface area contributed by atoms with Gasteiger partial charge in [0.1, 0.15) is 18.2 Å². The zero-order valence-electron chi connectivity index (χ0n) is 26.8. The first kappa shape index (κ1) is 35.5. The molecule has 1 saturated carbocycles. The van der Waals surface area contributed by atoms with Crippen LogP contribution in [0.2, 0.25) is 5.02 Å². The van der Waals surface area contributed by atoms with Crippen molar-refractivity contribution < 1.29 is 33.4 Å². The summed E-state index contributed by atoms with van der Waals surface area (Å²) in [5.74, 6) is -1.84. The highest BCUT2D eigenvalue weighted by molar-refractivity contribution is 8.14. The van der Waals surface area contributed by atoms with Gasteiger partial charge >= 0.3 is 5.97 Å². The van der Waals surface area contributed by atoms with Crippen LogP contribution in [0.5, 0.6) is 5.88 Å². The Bertz CT molecular complexity index is 1330. The Balaban J connectivity index is 1.55. The summed E-state index contributed by atoms with van der Waals surface area (Å²) >= 11 is 7.39. The predicted octanol–water partition coefficient (Wildman–Crippen LogP) is 2.25. The molecule has 0 bridgehead atoms. The largest absolute Gasteiger partial charge is 0.472 e. The van der Waals surface area contributed by atoms with E-state index in [9.17, 15) is 24.0 Å². The lowest BCUT2D eigenvalue weighted by atomic mass is 9.85. The Hall–Kier alpha value is -3.39. The Morgan fingerprint density at radius 1 is 1.17 bits per heavy atom. The Morgan fingerprint density at radius 3 is 2.52 bits per heavy atom. The van der Waals surface area contributed by atoms with Crippen LogP contribution < -0.4 is 20.7 Å². The van der Waals surface area contributed by atoms with E-state index in [0.29, 0.717) is 22.4 Å². The molecule has 2 fully saturated rings. The van der Waals surface area contributed by atoms with E-state index < -0.39 is 47.2 Å². The number of aromatic nitrogens is 1. The number of hydrogen-bond donors (Lipinski definition) is 3. The molecular weight excluding hydrogens is 636 g/mol. The van der Waals surface area contributed by atoms with Gasteiger partial charge in [-0.15, -0.1) is 0 Å². The molecule has 1 aromatic heterocycles. The second-order valence-electron chi connectivity index (χ2n) is 12.9. The number of thioether (sulfide) groups is 1. The molecule has 1 aliphatic carbocycles. The quantitative estimate of drug-likeness (QED) is 0.208. The number of Topliss-reactive ketones (excluding diaryl/α,β-unsaturated/α-hetero) is 1. The lowest BCUT2D eigenvalue weighted by Crippen LogP contribution is -2.58. The van der Waals surface area contributed by atoms with Gasteiger partial charge in [0.05, 0.1) is 37.2 Å². The maximum absolute atomic E-state index is 14.4. The summed E-state index contributed by atoms with van der Waals surface area (Å²) < 4.78 is 10.8. The topological polar surface area (TPSA) is 168 Å². The van der Waals surface area contributed by atoms with Crippen LogP contribution >= 0.6 is 23.4 Å². The molecule has 0 radical (unpaired) electrons. The number of aliphatic imine (C=N–C) groups is 1. The van der Waals surface area contributed by atoms with Gasteiger partial charge in [0.15, 0.2) is 5.17 Å². The van der Waals surface area contributed by atoms with E-state index in [1.807, 2.05) is 27.7 Å². The molecule has 2 aliphatic heterocycles. The average molecular weight is 679 g/mol. The van der Waals surface area contributed by atoms with Crippen LogP contribution in [0.25, 0.3) is 0 Å². The molecule has 0 aromatic carbocycles. The number of hydrogen-bond acceptors (Lipinski definition) is 11. The third-order valence-corrected chi connectivity index (χ3v) is 9.18. The van der Waals surface area contributed by atoms with Crippen LogP contribution in [0.3, 0.4) is 0 Å². The van der Waals surface area contributed by atoms with E-state index in [4.69, 9.17) is 21.1 Å². The molecule has 252 valence electrons. The molecule has 46 heavy (non-hydrogen) atoms. The third-order valence-electron chi connectivity index (χ3n) is 7.91. The number of rotatable bonds is 13. The van der Waals surface area contributed by atoms with Gasteiger partial charge in [-0.25, -0.2) is 4.98 Å². The van der Waals surface area contributed by atoms with E-state index >= 15 is 0 Å². The molecule has 5 atom stereocenters. The summed E-state index contributed by atoms with van der Waals surface area (Å²) in [5, 5.41) is 9.69. The highest BCUT2D eigenvalue weighted by Crippen LogP contribution is 2.30. The van der Waals surface area contributed by atoms with Crippen molar-refractivity contribution in [3.05, 3.63) is 23.4 Å². The highest BCUT2D eigenvalue weighted by Gasteiger charge is 2.46. The van der Waals surface area contributed by atoms with Gasteiger partial charge in [-0.3, -0.25) is 29.0 Å². The van der Waals surface area contributed by atoms with Crippen molar-refractivity contribution in [3.63, 3.8) is 0 Å². The first-order chi connectivity index (χ1) is 21.8. The summed E-state index contributed by atoms with van der Waals surface area (Å²) in [6.45, 7) is 7.65. The molecule has 3 aliphatic rings. The van der Waals surface area contributed by atoms with Crippen LogP contribution in [0.4, 0.5) is 0 Å². The number of nitrogens with zero attached hydrogens (tertiary/aromatic N) is 3.